The maximum absolute atomic E-state index is 10.8. The van der Waals surface area contributed by atoms with Gasteiger partial charge in [-0.05, 0) is 0 Å². The number of amides is 1. The van der Waals surface area contributed by atoms with Gasteiger partial charge in [-0.15, -0.1) is 4.91 Å². The van der Waals surface area contributed by atoms with Crippen molar-refractivity contribution in [1.82, 2.24) is 4.98 Å². The summed E-state index contributed by atoms with van der Waals surface area (Å²) < 4.78 is 9.85. The van der Waals surface area contributed by atoms with E-state index in [9.17, 15) is 9.70 Å². The molecule has 0 aliphatic carbocycles. The van der Waals surface area contributed by atoms with E-state index >= 15 is 0 Å². The summed E-state index contributed by atoms with van der Waals surface area (Å²) in [5, 5.41) is 2.24. The van der Waals surface area contributed by atoms with Crippen LogP contribution in [0, 0.1) is 4.91 Å². The number of rotatable bonds is 5. The Bertz CT molecular complexity index is 349. The predicted octanol–water partition coefficient (Wildman–Crippen LogP) is 0.664. The number of nitrogens with zero attached hydrogens (tertiary/aromatic N) is 3. The van der Waals surface area contributed by atoms with Gasteiger partial charge in [-0.1, -0.05) is 0 Å². The van der Waals surface area contributed by atoms with Crippen molar-refractivity contribution in [2.24, 2.45) is 5.18 Å². The fourth-order valence-electron chi connectivity index (χ4n) is 0.908. The largest absolute Gasteiger partial charge is 0.431 e. The van der Waals surface area contributed by atoms with Crippen LogP contribution in [0.15, 0.2) is 15.9 Å². The first-order valence-electron chi connectivity index (χ1n) is 4.22. The number of hydrogen-bond acceptors (Lipinski definition) is 6. The van der Waals surface area contributed by atoms with Crippen molar-refractivity contribution < 1.29 is 13.9 Å². The van der Waals surface area contributed by atoms with Crippen LogP contribution in [0.4, 0.5) is 6.01 Å². The van der Waals surface area contributed by atoms with Gasteiger partial charge in [-0.2, -0.15) is 4.98 Å². The molecule has 0 aromatic carbocycles. The van der Waals surface area contributed by atoms with E-state index in [4.69, 9.17) is 9.15 Å². The summed E-state index contributed by atoms with van der Waals surface area (Å²) in [4.78, 5) is 26.2. The number of ether oxygens (including phenoxy) is 1. The molecule has 1 amide bonds. The minimum Gasteiger partial charge on any atom is -0.431 e. The van der Waals surface area contributed by atoms with Gasteiger partial charge >= 0.3 is 5.91 Å². The number of hydrogen-bond donors (Lipinski definition) is 0. The second kappa shape index (κ2) is 5.20. The zero-order valence-corrected chi connectivity index (χ0v) is 8.47. The molecule has 7 heteroatoms. The van der Waals surface area contributed by atoms with Crippen LogP contribution >= 0.6 is 0 Å². The number of oxazole rings is 1. The number of aromatic nitrogens is 1. The first kappa shape index (κ1) is 11.3. The van der Waals surface area contributed by atoms with Crippen molar-refractivity contribution in [2.45, 2.75) is 0 Å². The van der Waals surface area contributed by atoms with Gasteiger partial charge in [0.2, 0.25) is 0 Å². The monoisotopic (exact) mass is 213 g/mol. The van der Waals surface area contributed by atoms with Crippen LogP contribution in [0.3, 0.4) is 0 Å². The summed E-state index contributed by atoms with van der Waals surface area (Å²) in [6.07, 6.45) is 1.10. The van der Waals surface area contributed by atoms with Crippen molar-refractivity contribution in [3.8, 4) is 0 Å². The standard InChI is InChI=1S/C8H11N3O4/c1-11(3-4-14-2)8-9-6(5-15-8)7(12)10-13/h5H,3-4H2,1-2H3. The molecule has 0 N–H and O–H groups in total. The van der Waals surface area contributed by atoms with Gasteiger partial charge in [0.1, 0.15) is 6.26 Å². The fraction of sp³-hybridized carbons (Fsp3) is 0.500. The molecule has 0 aliphatic rings. The molecule has 1 heterocycles. The summed E-state index contributed by atoms with van der Waals surface area (Å²) in [5.74, 6) is -0.940. The molecule has 7 nitrogen and oxygen atoms in total. The number of methoxy groups -OCH3 is 1. The van der Waals surface area contributed by atoms with Crippen molar-refractivity contribution in [3.63, 3.8) is 0 Å². The normalized spacial score (nSPS) is 10.0. The van der Waals surface area contributed by atoms with Crippen LogP contribution in [-0.2, 0) is 4.74 Å². The third-order valence-corrected chi connectivity index (χ3v) is 1.75. The van der Waals surface area contributed by atoms with Crippen molar-refractivity contribution in [1.29, 1.82) is 0 Å². The molecule has 0 saturated heterocycles. The second-order valence-electron chi connectivity index (χ2n) is 2.83. The Morgan fingerprint density at radius 3 is 3.07 bits per heavy atom. The van der Waals surface area contributed by atoms with E-state index in [2.05, 4.69) is 10.2 Å². The van der Waals surface area contributed by atoms with Crippen LogP contribution in [0.1, 0.15) is 10.5 Å². The molecule has 0 fully saturated rings. The van der Waals surface area contributed by atoms with Crippen LogP contribution in [0.2, 0.25) is 0 Å². The van der Waals surface area contributed by atoms with Crippen LogP contribution < -0.4 is 4.90 Å². The van der Waals surface area contributed by atoms with Gasteiger partial charge in [0.15, 0.2) is 5.69 Å². The van der Waals surface area contributed by atoms with Gasteiger partial charge in [-0.3, -0.25) is 4.79 Å². The third-order valence-electron chi connectivity index (χ3n) is 1.75. The Morgan fingerprint density at radius 2 is 2.47 bits per heavy atom. The van der Waals surface area contributed by atoms with Gasteiger partial charge in [0.05, 0.1) is 6.61 Å². The molecule has 1 aromatic heterocycles. The molecule has 0 aliphatic heterocycles. The van der Waals surface area contributed by atoms with Crippen LogP contribution in [-0.4, -0.2) is 38.2 Å². The van der Waals surface area contributed by atoms with E-state index in [1.807, 2.05) is 0 Å². The highest BCUT2D eigenvalue weighted by Crippen LogP contribution is 2.12. The van der Waals surface area contributed by atoms with Gasteiger partial charge in [0.25, 0.3) is 6.01 Å². The van der Waals surface area contributed by atoms with E-state index in [0.717, 1.165) is 6.26 Å². The quantitative estimate of drug-likeness (QED) is 0.668. The summed E-state index contributed by atoms with van der Waals surface area (Å²) in [6, 6.07) is 0.249. The summed E-state index contributed by atoms with van der Waals surface area (Å²) in [7, 11) is 3.31. The number of carbonyl (C=O) groups excluding carboxylic acids is 1. The topological polar surface area (TPSA) is 85.0 Å². The van der Waals surface area contributed by atoms with Gasteiger partial charge in [-0.25, -0.2) is 0 Å². The van der Waals surface area contributed by atoms with Gasteiger partial charge in [0, 0.05) is 25.9 Å². The molecule has 0 unspecified atom stereocenters. The average Bonchev–Trinajstić information content (AvgIpc) is 2.74. The predicted molar refractivity (Wildman–Crippen MR) is 51.8 cm³/mol. The van der Waals surface area contributed by atoms with E-state index in [-0.39, 0.29) is 11.7 Å². The van der Waals surface area contributed by atoms with E-state index < -0.39 is 5.91 Å². The van der Waals surface area contributed by atoms with Crippen molar-refractivity contribution >= 4 is 11.9 Å². The molecule has 0 saturated carbocycles. The zero-order chi connectivity index (χ0) is 11.3. The Morgan fingerprint density at radius 1 is 1.73 bits per heavy atom. The highest BCUT2D eigenvalue weighted by molar-refractivity contribution is 5.92. The average molecular weight is 213 g/mol. The number of nitroso groups, excluding NO2 is 1. The minimum atomic E-state index is -0.940. The third kappa shape index (κ3) is 2.84. The lowest BCUT2D eigenvalue weighted by Gasteiger charge is -2.12. The van der Waals surface area contributed by atoms with Crippen LogP contribution in [0.5, 0.6) is 0 Å². The highest BCUT2D eigenvalue weighted by Gasteiger charge is 2.14. The zero-order valence-electron chi connectivity index (χ0n) is 8.47. The molecule has 15 heavy (non-hydrogen) atoms. The van der Waals surface area contributed by atoms with Gasteiger partial charge < -0.3 is 14.1 Å². The molecular weight excluding hydrogens is 202 g/mol. The maximum atomic E-state index is 10.8. The number of carbonyl (C=O) groups is 1. The molecule has 1 rings (SSSR count). The smallest absolute Gasteiger partial charge is 0.338 e. The Labute approximate surface area is 86.0 Å². The van der Waals surface area contributed by atoms with E-state index in [0.29, 0.717) is 13.2 Å². The Kier molecular flexibility index (Phi) is 3.92. The van der Waals surface area contributed by atoms with Crippen molar-refractivity contribution in [2.75, 3.05) is 32.2 Å². The lowest BCUT2D eigenvalue weighted by molar-refractivity contribution is 0.0996. The summed E-state index contributed by atoms with van der Waals surface area (Å²) in [5.41, 5.74) is -0.0933. The highest BCUT2D eigenvalue weighted by atomic mass is 16.5. The second-order valence-corrected chi connectivity index (χ2v) is 2.83. The molecule has 0 spiro atoms. The Balaban J connectivity index is 2.66. The lowest BCUT2D eigenvalue weighted by Crippen LogP contribution is -2.22. The molecule has 1 aromatic rings. The van der Waals surface area contributed by atoms with Crippen molar-refractivity contribution in [3.05, 3.63) is 16.9 Å². The lowest BCUT2D eigenvalue weighted by atomic mass is 10.5. The molecule has 82 valence electrons. The first-order chi connectivity index (χ1) is 7.19. The molecular formula is C8H11N3O4. The van der Waals surface area contributed by atoms with Crippen LogP contribution in [0.25, 0.3) is 0 Å². The van der Waals surface area contributed by atoms with E-state index in [1.165, 1.54) is 0 Å². The number of likely N-dealkylation sites (N-methyl/N-ethyl adjacent to an activating group) is 1. The molecule has 0 atom stereocenters. The van der Waals surface area contributed by atoms with E-state index in [1.54, 1.807) is 19.1 Å². The SMILES string of the molecule is COCCN(C)c1nc(C(=O)N=O)co1. The molecule has 0 radical (unpaired) electrons. The first-order valence-corrected chi connectivity index (χ1v) is 4.22. The summed E-state index contributed by atoms with van der Waals surface area (Å²) in [6.45, 7) is 1.08. The maximum Gasteiger partial charge on any atom is 0.338 e. The Hall–Kier alpha value is -1.76. The summed E-state index contributed by atoms with van der Waals surface area (Å²) >= 11 is 0. The minimum absolute atomic E-state index is 0.0933. The molecule has 0 bridgehead atoms. The fourth-order valence-corrected chi connectivity index (χ4v) is 0.908. The number of anilines is 1.